The van der Waals surface area contributed by atoms with Crippen molar-refractivity contribution in [1.29, 1.82) is 0 Å². The first-order valence-corrected chi connectivity index (χ1v) is 10.6. The standard InChI is InChI=1S/C22H19ClN4O2S/c1-15(28)24-17-6-8-18(9-7-17)26(12-16-10-11-30-14-16)21(29)13-27-20-5-3-2-4-19(20)25-22(27)23/h2-11,14H,12-13H2,1H3,(H,24,28). The maximum Gasteiger partial charge on any atom is 0.247 e. The van der Waals surface area contributed by atoms with Gasteiger partial charge in [-0.2, -0.15) is 11.3 Å². The van der Waals surface area contributed by atoms with Crippen molar-refractivity contribution >= 4 is 57.2 Å². The molecule has 0 aliphatic rings. The van der Waals surface area contributed by atoms with E-state index < -0.39 is 0 Å². The van der Waals surface area contributed by atoms with Gasteiger partial charge in [0.1, 0.15) is 6.54 Å². The van der Waals surface area contributed by atoms with Gasteiger partial charge in [0.05, 0.1) is 17.6 Å². The fraction of sp³-hybridized carbons (Fsp3) is 0.136. The summed E-state index contributed by atoms with van der Waals surface area (Å²) in [6.45, 7) is 1.96. The summed E-state index contributed by atoms with van der Waals surface area (Å²) in [6.07, 6.45) is 0. The Balaban J connectivity index is 1.64. The average molecular weight is 439 g/mol. The number of aromatic nitrogens is 2. The van der Waals surface area contributed by atoms with Gasteiger partial charge in [0.25, 0.3) is 0 Å². The van der Waals surface area contributed by atoms with E-state index in [0.717, 1.165) is 22.3 Å². The predicted molar refractivity (Wildman–Crippen MR) is 121 cm³/mol. The van der Waals surface area contributed by atoms with Crippen molar-refractivity contribution in [2.24, 2.45) is 0 Å². The molecule has 2 aromatic carbocycles. The molecule has 1 N–H and O–H groups in total. The number of rotatable bonds is 6. The highest BCUT2D eigenvalue weighted by molar-refractivity contribution is 7.07. The summed E-state index contributed by atoms with van der Waals surface area (Å²) in [4.78, 5) is 30.7. The third-order valence-corrected chi connectivity index (χ3v) is 5.64. The largest absolute Gasteiger partial charge is 0.326 e. The molecule has 0 unspecified atom stereocenters. The van der Waals surface area contributed by atoms with Crippen LogP contribution in [0, 0.1) is 0 Å². The molecule has 2 amide bonds. The lowest BCUT2D eigenvalue weighted by Crippen LogP contribution is -2.33. The summed E-state index contributed by atoms with van der Waals surface area (Å²) < 4.78 is 1.71. The van der Waals surface area contributed by atoms with Crippen LogP contribution in [0.5, 0.6) is 0 Å². The number of carbonyl (C=O) groups excluding carboxylic acids is 2. The van der Waals surface area contributed by atoms with Crippen LogP contribution in [0.1, 0.15) is 12.5 Å². The van der Waals surface area contributed by atoms with Crippen molar-refractivity contribution in [1.82, 2.24) is 9.55 Å². The molecule has 0 saturated heterocycles. The number of nitrogens with zero attached hydrogens (tertiary/aromatic N) is 3. The van der Waals surface area contributed by atoms with E-state index in [9.17, 15) is 9.59 Å². The van der Waals surface area contributed by atoms with Gasteiger partial charge in [-0.05, 0) is 70.4 Å². The lowest BCUT2D eigenvalue weighted by Gasteiger charge is -2.23. The molecule has 0 fully saturated rings. The van der Waals surface area contributed by atoms with Crippen LogP contribution in [-0.2, 0) is 22.7 Å². The summed E-state index contributed by atoms with van der Waals surface area (Å²) >= 11 is 7.90. The second kappa shape index (κ2) is 8.69. The number of amides is 2. The van der Waals surface area contributed by atoms with Gasteiger partial charge in [0.2, 0.25) is 17.1 Å². The van der Waals surface area contributed by atoms with Gasteiger partial charge in [0, 0.05) is 18.3 Å². The quantitative estimate of drug-likeness (QED) is 0.463. The molecule has 0 aliphatic carbocycles. The van der Waals surface area contributed by atoms with Crippen LogP contribution in [0.4, 0.5) is 11.4 Å². The normalized spacial score (nSPS) is 10.9. The van der Waals surface area contributed by atoms with Gasteiger partial charge in [-0.15, -0.1) is 0 Å². The molecule has 0 atom stereocenters. The van der Waals surface area contributed by atoms with Gasteiger partial charge < -0.3 is 14.8 Å². The number of nitrogens with one attached hydrogen (secondary N) is 1. The van der Waals surface area contributed by atoms with E-state index in [1.165, 1.54) is 6.92 Å². The maximum absolute atomic E-state index is 13.3. The van der Waals surface area contributed by atoms with Crippen molar-refractivity contribution in [3.8, 4) is 0 Å². The van der Waals surface area contributed by atoms with E-state index in [1.807, 2.05) is 53.2 Å². The van der Waals surface area contributed by atoms with Gasteiger partial charge >= 0.3 is 0 Å². The minimum Gasteiger partial charge on any atom is -0.326 e. The van der Waals surface area contributed by atoms with E-state index in [-0.39, 0.29) is 23.6 Å². The van der Waals surface area contributed by atoms with Crippen molar-refractivity contribution in [3.63, 3.8) is 0 Å². The predicted octanol–water partition coefficient (Wildman–Crippen LogP) is 4.94. The van der Waals surface area contributed by atoms with E-state index in [1.54, 1.807) is 32.9 Å². The Morgan fingerprint density at radius 3 is 2.60 bits per heavy atom. The van der Waals surface area contributed by atoms with Crippen LogP contribution in [0.25, 0.3) is 11.0 Å². The van der Waals surface area contributed by atoms with Gasteiger partial charge in [-0.3, -0.25) is 9.59 Å². The summed E-state index contributed by atoms with van der Waals surface area (Å²) in [6, 6.07) is 16.7. The number of fused-ring (bicyclic) bond motifs is 1. The minimum absolute atomic E-state index is 0.0664. The van der Waals surface area contributed by atoms with Crippen molar-refractivity contribution in [2.75, 3.05) is 10.2 Å². The number of anilines is 2. The zero-order valence-electron chi connectivity index (χ0n) is 16.2. The highest BCUT2D eigenvalue weighted by atomic mass is 35.5. The molecular weight excluding hydrogens is 420 g/mol. The number of para-hydroxylation sites is 2. The minimum atomic E-state index is -0.143. The van der Waals surface area contributed by atoms with Crippen LogP contribution in [0.15, 0.2) is 65.4 Å². The molecule has 4 aromatic rings. The first-order valence-electron chi connectivity index (χ1n) is 9.31. The molecule has 8 heteroatoms. The van der Waals surface area contributed by atoms with Gasteiger partial charge in [-0.25, -0.2) is 4.98 Å². The number of thiophene rings is 1. The molecule has 6 nitrogen and oxygen atoms in total. The number of halogens is 1. The van der Waals surface area contributed by atoms with Gasteiger partial charge in [0.15, 0.2) is 0 Å². The zero-order valence-corrected chi connectivity index (χ0v) is 17.8. The number of imidazole rings is 1. The molecule has 0 spiro atoms. The molecule has 0 aliphatic heterocycles. The second-order valence-corrected chi connectivity index (χ2v) is 7.91. The van der Waals surface area contributed by atoms with Crippen LogP contribution in [-0.4, -0.2) is 21.4 Å². The fourth-order valence-corrected chi connectivity index (χ4v) is 4.14. The third-order valence-electron chi connectivity index (χ3n) is 4.62. The smallest absolute Gasteiger partial charge is 0.247 e. The topological polar surface area (TPSA) is 67.2 Å². The lowest BCUT2D eigenvalue weighted by atomic mass is 10.2. The molecule has 30 heavy (non-hydrogen) atoms. The number of carbonyl (C=O) groups is 2. The summed E-state index contributed by atoms with van der Waals surface area (Å²) in [5.41, 5.74) is 4.02. The number of benzene rings is 2. The fourth-order valence-electron chi connectivity index (χ4n) is 3.23. The third kappa shape index (κ3) is 4.37. The highest BCUT2D eigenvalue weighted by Gasteiger charge is 2.20. The molecule has 0 bridgehead atoms. The number of hydrogen-bond donors (Lipinski definition) is 1. The Kier molecular flexibility index (Phi) is 5.83. The van der Waals surface area contributed by atoms with E-state index in [4.69, 9.17) is 11.6 Å². The summed E-state index contributed by atoms with van der Waals surface area (Å²) in [5.74, 6) is -0.255. The van der Waals surface area contributed by atoms with Crippen molar-refractivity contribution in [3.05, 3.63) is 76.2 Å². The van der Waals surface area contributed by atoms with E-state index in [2.05, 4.69) is 10.3 Å². The monoisotopic (exact) mass is 438 g/mol. The molecule has 2 aromatic heterocycles. The highest BCUT2D eigenvalue weighted by Crippen LogP contribution is 2.24. The Labute approximate surface area is 182 Å². The van der Waals surface area contributed by atoms with Gasteiger partial charge in [-0.1, -0.05) is 12.1 Å². The first-order chi connectivity index (χ1) is 14.5. The molecule has 2 heterocycles. The zero-order chi connectivity index (χ0) is 21.1. The SMILES string of the molecule is CC(=O)Nc1ccc(N(Cc2ccsc2)C(=O)Cn2c(Cl)nc3ccccc32)cc1. The average Bonchev–Trinajstić information content (AvgIpc) is 3.34. The lowest BCUT2D eigenvalue weighted by molar-refractivity contribution is -0.119. The summed E-state index contributed by atoms with van der Waals surface area (Å²) in [7, 11) is 0. The maximum atomic E-state index is 13.3. The second-order valence-electron chi connectivity index (χ2n) is 6.80. The number of hydrogen-bond acceptors (Lipinski definition) is 4. The Morgan fingerprint density at radius 2 is 1.90 bits per heavy atom. The van der Waals surface area contributed by atoms with Crippen LogP contribution >= 0.6 is 22.9 Å². The Bertz CT molecular complexity index is 1190. The van der Waals surface area contributed by atoms with E-state index in [0.29, 0.717) is 12.2 Å². The molecular formula is C22H19ClN4O2S. The van der Waals surface area contributed by atoms with Crippen LogP contribution < -0.4 is 10.2 Å². The molecule has 4 rings (SSSR count). The van der Waals surface area contributed by atoms with Crippen LogP contribution in [0.3, 0.4) is 0 Å². The Hall–Kier alpha value is -3.16. The van der Waals surface area contributed by atoms with Crippen molar-refractivity contribution in [2.45, 2.75) is 20.0 Å². The molecule has 152 valence electrons. The summed E-state index contributed by atoms with van der Waals surface area (Å²) in [5, 5.41) is 7.02. The first kappa shape index (κ1) is 20.1. The van der Waals surface area contributed by atoms with Crippen LogP contribution in [0.2, 0.25) is 5.28 Å². The van der Waals surface area contributed by atoms with Crippen molar-refractivity contribution < 1.29 is 9.59 Å². The molecule has 0 saturated carbocycles. The van der Waals surface area contributed by atoms with E-state index >= 15 is 0 Å². The molecule has 0 radical (unpaired) electrons. The Morgan fingerprint density at radius 1 is 1.13 bits per heavy atom.